The fourth-order valence-corrected chi connectivity index (χ4v) is 5.20. The topological polar surface area (TPSA) is 36.4 Å². The highest BCUT2D eigenvalue weighted by Crippen LogP contribution is 2.30. The molecular formula is C26H29BrF3N3O. The standard InChI is InChI=1S/C26H29BrF3N3O/c27-24-11-7-20(17-31-24)18-33(23-13-15-32(16-14-23)22-3-1-2-4-22)25(34)12-8-19-5-9-21(10-6-19)26(28,29)30/h5-12,17,22-23H,1-4,13-16,18H2/b12-8+. The summed E-state index contributed by atoms with van der Waals surface area (Å²) in [7, 11) is 0. The molecule has 1 aromatic carbocycles. The fourth-order valence-electron chi connectivity index (χ4n) is 4.96. The molecule has 8 heteroatoms. The van der Waals surface area contributed by atoms with Crippen LogP contribution in [0.3, 0.4) is 0 Å². The lowest BCUT2D eigenvalue weighted by molar-refractivity contribution is -0.137. The van der Waals surface area contributed by atoms with Gasteiger partial charge in [-0.2, -0.15) is 13.2 Å². The Hall–Kier alpha value is -2.19. The van der Waals surface area contributed by atoms with Crippen molar-refractivity contribution in [2.45, 2.75) is 63.3 Å². The van der Waals surface area contributed by atoms with E-state index in [1.807, 2.05) is 17.0 Å². The lowest BCUT2D eigenvalue weighted by Gasteiger charge is -2.40. The maximum atomic E-state index is 13.3. The minimum Gasteiger partial charge on any atom is -0.332 e. The highest BCUT2D eigenvalue weighted by Gasteiger charge is 2.31. The molecule has 1 aliphatic carbocycles. The van der Waals surface area contributed by atoms with Crippen LogP contribution in [0.25, 0.3) is 6.08 Å². The van der Waals surface area contributed by atoms with Crippen LogP contribution in [0.15, 0.2) is 53.3 Å². The van der Waals surface area contributed by atoms with Gasteiger partial charge in [0.15, 0.2) is 0 Å². The van der Waals surface area contributed by atoms with Crippen molar-refractivity contribution in [1.82, 2.24) is 14.8 Å². The van der Waals surface area contributed by atoms with Crippen molar-refractivity contribution in [2.24, 2.45) is 0 Å². The van der Waals surface area contributed by atoms with Gasteiger partial charge in [-0.1, -0.05) is 31.0 Å². The predicted octanol–water partition coefficient (Wildman–Crippen LogP) is 6.31. The van der Waals surface area contributed by atoms with Crippen molar-refractivity contribution < 1.29 is 18.0 Å². The third kappa shape index (κ3) is 6.48. The van der Waals surface area contributed by atoms with Crippen LogP contribution in [0.4, 0.5) is 13.2 Å². The first-order valence-corrected chi connectivity index (χ1v) is 12.6. The van der Waals surface area contributed by atoms with Crippen molar-refractivity contribution >= 4 is 27.9 Å². The van der Waals surface area contributed by atoms with Gasteiger partial charge in [-0.15, -0.1) is 0 Å². The second-order valence-electron chi connectivity index (χ2n) is 9.11. The van der Waals surface area contributed by atoms with E-state index < -0.39 is 11.7 Å². The smallest absolute Gasteiger partial charge is 0.332 e. The molecule has 0 unspecified atom stereocenters. The van der Waals surface area contributed by atoms with Crippen LogP contribution >= 0.6 is 15.9 Å². The molecule has 1 amide bonds. The van der Waals surface area contributed by atoms with E-state index in [4.69, 9.17) is 0 Å². The minimum atomic E-state index is -4.37. The van der Waals surface area contributed by atoms with Gasteiger partial charge in [0, 0.05) is 44.0 Å². The molecule has 34 heavy (non-hydrogen) atoms. The van der Waals surface area contributed by atoms with Crippen LogP contribution in [-0.4, -0.2) is 45.9 Å². The van der Waals surface area contributed by atoms with Gasteiger partial charge in [0.25, 0.3) is 0 Å². The average Bonchev–Trinajstić information content (AvgIpc) is 3.37. The Morgan fingerprint density at radius 3 is 2.32 bits per heavy atom. The Labute approximate surface area is 207 Å². The molecule has 2 fully saturated rings. The van der Waals surface area contributed by atoms with E-state index in [9.17, 15) is 18.0 Å². The number of nitrogens with zero attached hydrogens (tertiary/aromatic N) is 3. The van der Waals surface area contributed by atoms with Crippen molar-refractivity contribution in [3.05, 3.63) is 70.0 Å². The zero-order valence-corrected chi connectivity index (χ0v) is 20.6. The zero-order chi connectivity index (χ0) is 24.1. The van der Waals surface area contributed by atoms with E-state index in [0.29, 0.717) is 18.2 Å². The van der Waals surface area contributed by atoms with Crippen LogP contribution in [0.1, 0.15) is 55.2 Å². The number of piperidine rings is 1. The van der Waals surface area contributed by atoms with E-state index in [1.54, 1.807) is 12.3 Å². The second-order valence-corrected chi connectivity index (χ2v) is 9.93. The van der Waals surface area contributed by atoms with Gasteiger partial charge in [-0.05, 0) is 77.0 Å². The number of likely N-dealkylation sites (tertiary alicyclic amines) is 1. The van der Waals surface area contributed by atoms with E-state index in [1.165, 1.54) is 43.9 Å². The summed E-state index contributed by atoms with van der Waals surface area (Å²) in [5.74, 6) is -0.137. The number of aromatic nitrogens is 1. The molecule has 1 aliphatic heterocycles. The highest BCUT2D eigenvalue weighted by molar-refractivity contribution is 9.10. The number of rotatable bonds is 6. The summed E-state index contributed by atoms with van der Waals surface area (Å²) in [6, 6.07) is 9.45. The molecule has 1 aromatic heterocycles. The molecular weight excluding hydrogens is 507 g/mol. The van der Waals surface area contributed by atoms with Crippen molar-refractivity contribution in [1.29, 1.82) is 0 Å². The molecule has 182 valence electrons. The highest BCUT2D eigenvalue weighted by atomic mass is 79.9. The molecule has 1 saturated heterocycles. The number of benzene rings is 1. The Morgan fingerprint density at radius 2 is 1.74 bits per heavy atom. The summed E-state index contributed by atoms with van der Waals surface area (Å²) < 4.78 is 39.2. The van der Waals surface area contributed by atoms with E-state index in [2.05, 4.69) is 25.8 Å². The molecule has 1 saturated carbocycles. The fraction of sp³-hybridized carbons (Fsp3) is 0.462. The molecule has 0 spiro atoms. The van der Waals surface area contributed by atoms with Crippen LogP contribution in [0, 0.1) is 0 Å². The first kappa shape index (κ1) is 24.9. The molecule has 2 aromatic rings. The van der Waals surface area contributed by atoms with Gasteiger partial charge in [-0.3, -0.25) is 4.79 Å². The molecule has 0 radical (unpaired) electrons. The van der Waals surface area contributed by atoms with Crippen molar-refractivity contribution in [3.8, 4) is 0 Å². The molecule has 0 atom stereocenters. The van der Waals surface area contributed by atoms with Crippen molar-refractivity contribution in [3.63, 3.8) is 0 Å². The van der Waals surface area contributed by atoms with Gasteiger partial charge < -0.3 is 9.80 Å². The van der Waals surface area contributed by atoms with Gasteiger partial charge in [0.1, 0.15) is 4.60 Å². The summed E-state index contributed by atoms with van der Waals surface area (Å²) in [4.78, 5) is 22.0. The number of halogens is 4. The first-order valence-electron chi connectivity index (χ1n) is 11.8. The normalized spacial score (nSPS) is 18.6. The third-order valence-electron chi connectivity index (χ3n) is 6.86. The number of alkyl halides is 3. The third-order valence-corrected chi connectivity index (χ3v) is 7.33. The Kier molecular flexibility index (Phi) is 8.09. The summed E-state index contributed by atoms with van der Waals surface area (Å²) in [5, 5.41) is 0. The number of amides is 1. The molecule has 4 rings (SSSR count). The molecule has 2 aliphatic rings. The number of hydrogen-bond acceptors (Lipinski definition) is 3. The first-order chi connectivity index (χ1) is 16.3. The summed E-state index contributed by atoms with van der Waals surface area (Å²) in [6.07, 6.45) is 7.43. The van der Waals surface area contributed by atoms with Gasteiger partial charge in [0.2, 0.25) is 5.91 Å². The molecule has 0 bridgehead atoms. The van der Waals surface area contributed by atoms with Gasteiger partial charge >= 0.3 is 6.18 Å². The molecule has 2 heterocycles. The van der Waals surface area contributed by atoms with Crippen LogP contribution < -0.4 is 0 Å². The Balaban J connectivity index is 1.46. The maximum Gasteiger partial charge on any atom is 0.416 e. The zero-order valence-electron chi connectivity index (χ0n) is 19.0. The van der Waals surface area contributed by atoms with E-state index >= 15 is 0 Å². The molecule has 4 nitrogen and oxygen atoms in total. The second kappa shape index (κ2) is 11.0. The summed E-state index contributed by atoms with van der Waals surface area (Å²) >= 11 is 3.35. The van der Waals surface area contributed by atoms with Crippen LogP contribution in [-0.2, 0) is 17.5 Å². The summed E-state index contributed by atoms with van der Waals surface area (Å²) in [5.41, 5.74) is 0.801. The number of pyridine rings is 1. The van der Waals surface area contributed by atoms with Crippen LogP contribution in [0.2, 0.25) is 0 Å². The Morgan fingerprint density at radius 1 is 1.06 bits per heavy atom. The largest absolute Gasteiger partial charge is 0.416 e. The number of carbonyl (C=O) groups is 1. The van der Waals surface area contributed by atoms with Crippen molar-refractivity contribution in [2.75, 3.05) is 13.1 Å². The van der Waals surface area contributed by atoms with Crippen LogP contribution in [0.5, 0.6) is 0 Å². The summed E-state index contributed by atoms with van der Waals surface area (Å²) in [6.45, 7) is 2.42. The SMILES string of the molecule is O=C(/C=C/c1ccc(C(F)(F)F)cc1)N(Cc1ccc(Br)nc1)C1CCN(C2CCCC2)CC1. The van der Waals surface area contributed by atoms with Gasteiger partial charge in [0.05, 0.1) is 5.56 Å². The lowest BCUT2D eigenvalue weighted by atomic mass is 10.00. The predicted molar refractivity (Wildman–Crippen MR) is 130 cm³/mol. The average molecular weight is 536 g/mol. The number of carbonyl (C=O) groups excluding carboxylic acids is 1. The lowest BCUT2D eigenvalue weighted by Crippen LogP contribution is -2.48. The Bertz CT molecular complexity index is 978. The van der Waals surface area contributed by atoms with E-state index in [-0.39, 0.29) is 11.9 Å². The van der Waals surface area contributed by atoms with E-state index in [0.717, 1.165) is 48.2 Å². The van der Waals surface area contributed by atoms with Gasteiger partial charge in [-0.25, -0.2) is 4.98 Å². The maximum absolute atomic E-state index is 13.3. The quantitative estimate of drug-likeness (QED) is 0.321. The monoisotopic (exact) mass is 535 g/mol. The molecule has 0 N–H and O–H groups in total. The number of hydrogen-bond donors (Lipinski definition) is 0. The minimum absolute atomic E-state index is 0.117.